The molecular weight excluding hydrogens is 516 g/mol. The fourth-order valence-electron chi connectivity index (χ4n) is 5.01. The van der Waals surface area contributed by atoms with Gasteiger partial charge in [-0.15, -0.1) is 0 Å². The molecule has 1 saturated carbocycles. The minimum Gasteiger partial charge on any atom is -0.278 e. The highest BCUT2D eigenvalue weighted by Gasteiger charge is 2.30. The highest BCUT2D eigenvalue weighted by Crippen LogP contribution is 2.33. The van der Waals surface area contributed by atoms with Crippen molar-refractivity contribution >= 4 is 42.6 Å². The molecule has 0 aliphatic heterocycles. The Bertz CT molecular complexity index is 1510. The van der Waals surface area contributed by atoms with Gasteiger partial charge in [-0.1, -0.05) is 55.7 Å². The highest BCUT2D eigenvalue weighted by molar-refractivity contribution is 7.89. The number of sulfonamides is 1. The summed E-state index contributed by atoms with van der Waals surface area (Å²) >= 11 is 1.47. The molecule has 0 saturated heterocycles. The lowest BCUT2D eigenvalue weighted by atomic mass is 9.96. The monoisotopic (exact) mass is 548 g/mol. The number of thiazole rings is 1. The van der Waals surface area contributed by atoms with E-state index in [9.17, 15) is 13.2 Å². The van der Waals surface area contributed by atoms with Gasteiger partial charge in [-0.3, -0.25) is 14.7 Å². The molecule has 38 heavy (non-hydrogen) atoms. The Morgan fingerprint density at radius 2 is 1.76 bits per heavy atom. The maximum atomic E-state index is 13.8. The first-order valence-electron chi connectivity index (χ1n) is 13.1. The lowest BCUT2D eigenvalue weighted by Crippen LogP contribution is -2.38. The molecule has 2 aromatic heterocycles. The third-order valence-corrected chi connectivity index (χ3v) is 10.2. The second kappa shape index (κ2) is 11.3. The van der Waals surface area contributed by atoms with Crippen LogP contribution in [0.5, 0.6) is 0 Å². The summed E-state index contributed by atoms with van der Waals surface area (Å²) in [5.74, 6) is -0.252. The molecule has 198 valence electrons. The highest BCUT2D eigenvalue weighted by atomic mass is 32.2. The Balaban J connectivity index is 1.46. The summed E-state index contributed by atoms with van der Waals surface area (Å²) in [6.07, 6.45) is 7.58. The minimum absolute atomic E-state index is 0.0240. The number of pyridine rings is 1. The predicted octanol–water partition coefficient (Wildman–Crippen LogP) is 6.05. The number of anilines is 1. The average molecular weight is 549 g/mol. The Labute approximate surface area is 228 Å². The Morgan fingerprint density at radius 3 is 2.45 bits per heavy atom. The maximum absolute atomic E-state index is 13.8. The van der Waals surface area contributed by atoms with Gasteiger partial charge in [0.1, 0.15) is 0 Å². The molecular formula is C29H32N4O3S2. The molecule has 1 aliphatic rings. The third kappa shape index (κ3) is 5.36. The first-order chi connectivity index (χ1) is 18.4. The lowest BCUT2D eigenvalue weighted by Gasteiger charge is -2.30. The van der Waals surface area contributed by atoms with Crippen LogP contribution in [-0.2, 0) is 23.0 Å². The van der Waals surface area contributed by atoms with Crippen molar-refractivity contribution in [3.8, 4) is 0 Å². The molecule has 4 aromatic rings. The Hall–Kier alpha value is -3.14. The van der Waals surface area contributed by atoms with Gasteiger partial charge in [0.2, 0.25) is 10.0 Å². The van der Waals surface area contributed by atoms with Crippen molar-refractivity contribution in [1.82, 2.24) is 14.3 Å². The van der Waals surface area contributed by atoms with Crippen molar-refractivity contribution in [3.63, 3.8) is 0 Å². The molecule has 1 fully saturated rings. The second-order valence-electron chi connectivity index (χ2n) is 9.66. The van der Waals surface area contributed by atoms with Gasteiger partial charge in [-0.05, 0) is 67.3 Å². The van der Waals surface area contributed by atoms with E-state index in [2.05, 4.69) is 18.0 Å². The summed E-state index contributed by atoms with van der Waals surface area (Å²) in [5.41, 5.74) is 3.17. The smallest absolute Gasteiger partial charge is 0.260 e. The molecule has 9 heteroatoms. The largest absolute Gasteiger partial charge is 0.278 e. The fourth-order valence-corrected chi connectivity index (χ4v) is 7.43. The summed E-state index contributed by atoms with van der Waals surface area (Å²) in [5, 5.41) is 0.588. The van der Waals surface area contributed by atoms with Crippen LogP contribution in [0.25, 0.3) is 10.2 Å². The van der Waals surface area contributed by atoms with Crippen molar-refractivity contribution < 1.29 is 13.2 Å². The Morgan fingerprint density at radius 1 is 1.00 bits per heavy atom. The number of amides is 1. The van der Waals surface area contributed by atoms with Crippen LogP contribution >= 0.6 is 11.3 Å². The molecule has 0 radical (unpaired) electrons. The number of para-hydroxylation sites is 1. The van der Waals surface area contributed by atoms with Gasteiger partial charge in [0.05, 0.1) is 27.4 Å². The van der Waals surface area contributed by atoms with Gasteiger partial charge < -0.3 is 0 Å². The van der Waals surface area contributed by atoms with E-state index in [1.807, 2.05) is 30.3 Å². The molecule has 1 aliphatic carbocycles. The number of carbonyl (C=O) groups excluding carboxylic acids is 1. The number of aryl methyl sites for hydroxylation is 1. The van der Waals surface area contributed by atoms with E-state index in [0.29, 0.717) is 10.7 Å². The summed E-state index contributed by atoms with van der Waals surface area (Å²) in [7, 11) is -1.98. The summed E-state index contributed by atoms with van der Waals surface area (Å²) in [6.45, 7) is 2.34. The van der Waals surface area contributed by atoms with Crippen LogP contribution in [0.3, 0.4) is 0 Å². The van der Waals surface area contributed by atoms with Crippen molar-refractivity contribution in [1.29, 1.82) is 0 Å². The normalized spacial score (nSPS) is 14.7. The number of carbonyl (C=O) groups is 1. The number of rotatable bonds is 8. The zero-order valence-electron chi connectivity index (χ0n) is 21.7. The van der Waals surface area contributed by atoms with Gasteiger partial charge in [0, 0.05) is 24.8 Å². The van der Waals surface area contributed by atoms with Crippen LogP contribution in [0.1, 0.15) is 60.6 Å². The van der Waals surface area contributed by atoms with Crippen molar-refractivity contribution in [2.45, 2.75) is 62.9 Å². The zero-order chi connectivity index (χ0) is 26.7. The van der Waals surface area contributed by atoms with Crippen LogP contribution in [0.15, 0.2) is 71.8 Å². The van der Waals surface area contributed by atoms with E-state index in [-0.39, 0.29) is 23.4 Å². The van der Waals surface area contributed by atoms with Gasteiger partial charge in [0.25, 0.3) is 5.91 Å². The minimum atomic E-state index is -3.64. The molecule has 0 bridgehead atoms. The molecule has 2 heterocycles. The van der Waals surface area contributed by atoms with Crippen LogP contribution in [0, 0.1) is 0 Å². The van der Waals surface area contributed by atoms with Crippen LogP contribution < -0.4 is 4.90 Å². The summed E-state index contributed by atoms with van der Waals surface area (Å²) < 4.78 is 29.1. The van der Waals surface area contributed by atoms with Crippen molar-refractivity contribution in [2.24, 2.45) is 0 Å². The lowest BCUT2D eigenvalue weighted by molar-refractivity contribution is 0.0984. The first kappa shape index (κ1) is 26.5. The van der Waals surface area contributed by atoms with Gasteiger partial charge in [-0.25, -0.2) is 13.4 Å². The molecule has 0 atom stereocenters. The number of fused-ring (bicyclic) bond motifs is 1. The van der Waals surface area contributed by atoms with E-state index in [4.69, 9.17) is 4.98 Å². The van der Waals surface area contributed by atoms with E-state index in [1.54, 1.807) is 30.3 Å². The van der Waals surface area contributed by atoms with E-state index in [1.165, 1.54) is 27.8 Å². The average Bonchev–Trinajstić information content (AvgIpc) is 3.40. The van der Waals surface area contributed by atoms with Crippen LogP contribution in [0.2, 0.25) is 0 Å². The SMILES string of the molecule is CCc1cccc2sc(N(Cc3ccccn3)C(=O)c3ccc(S(=O)(=O)N(C)C4CCCCC4)cc3)nc12. The number of hydrogen-bond donors (Lipinski definition) is 0. The molecule has 0 unspecified atom stereocenters. The molecule has 2 aromatic carbocycles. The number of hydrogen-bond acceptors (Lipinski definition) is 6. The maximum Gasteiger partial charge on any atom is 0.260 e. The van der Waals surface area contributed by atoms with Crippen molar-refractivity contribution in [3.05, 3.63) is 83.7 Å². The molecule has 7 nitrogen and oxygen atoms in total. The van der Waals surface area contributed by atoms with E-state index >= 15 is 0 Å². The van der Waals surface area contributed by atoms with Crippen molar-refractivity contribution in [2.75, 3.05) is 11.9 Å². The van der Waals surface area contributed by atoms with Crippen LogP contribution in [-0.4, -0.2) is 41.7 Å². The zero-order valence-corrected chi connectivity index (χ0v) is 23.3. The molecule has 1 amide bonds. The third-order valence-electron chi connectivity index (χ3n) is 7.26. The molecule has 0 spiro atoms. The van der Waals surface area contributed by atoms with Gasteiger partial charge in [0.15, 0.2) is 5.13 Å². The van der Waals surface area contributed by atoms with Gasteiger partial charge >= 0.3 is 0 Å². The van der Waals surface area contributed by atoms with E-state index < -0.39 is 10.0 Å². The Kier molecular flexibility index (Phi) is 7.88. The fraction of sp³-hybridized carbons (Fsp3) is 0.345. The van der Waals surface area contributed by atoms with E-state index in [0.717, 1.165) is 60.0 Å². The standard InChI is InChI=1S/C29H32N4O3S2/c1-3-21-10-9-14-26-27(21)31-29(37-26)33(20-23-11-7-8-19-30-23)28(34)22-15-17-25(18-16-22)38(35,36)32(2)24-12-5-4-6-13-24/h7-11,14-19,24H,3-6,12-13,20H2,1-2H3. The van der Waals surface area contributed by atoms with Gasteiger partial charge in [-0.2, -0.15) is 4.31 Å². The topological polar surface area (TPSA) is 83.5 Å². The van der Waals surface area contributed by atoms with Crippen LogP contribution in [0.4, 0.5) is 5.13 Å². The molecule has 0 N–H and O–H groups in total. The summed E-state index contributed by atoms with van der Waals surface area (Å²) in [6, 6.07) is 18.0. The second-order valence-corrected chi connectivity index (χ2v) is 12.7. The quantitative estimate of drug-likeness (QED) is 0.268. The number of benzene rings is 2. The number of aromatic nitrogens is 2. The first-order valence-corrected chi connectivity index (χ1v) is 15.3. The predicted molar refractivity (Wildman–Crippen MR) is 152 cm³/mol. The summed E-state index contributed by atoms with van der Waals surface area (Å²) in [4.78, 5) is 24.9. The number of nitrogens with zero attached hydrogens (tertiary/aromatic N) is 4. The molecule has 5 rings (SSSR count).